The van der Waals surface area contributed by atoms with Crippen molar-refractivity contribution >= 4 is 34.9 Å². The van der Waals surface area contributed by atoms with Gasteiger partial charge in [0.25, 0.3) is 0 Å². The predicted octanol–water partition coefficient (Wildman–Crippen LogP) is 3.03. The Morgan fingerprint density at radius 2 is 2.24 bits per heavy atom. The number of hydrogen-bond donors (Lipinski definition) is 1. The minimum Gasteiger partial charge on any atom is -0.443 e. The zero-order chi connectivity index (χ0) is 13.0. The van der Waals surface area contributed by atoms with E-state index >= 15 is 0 Å². The molecule has 0 aliphatic heterocycles. The summed E-state index contributed by atoms with van der Waals surface area (Å²) in [6.45, 7) is 1.74. The van der Waals surface area contributed by atoms with E-state index < -0.39 is 12.1 Å². The lowest BCUT2D eigenvalue weighted by Gasteiger charge is -2.10. The smallest absolute Gasteiger partial charge is 0.339 e. The second-order valence-electron chi connectivity index (χ2n) is 3.29. The Balaban J connectivity index is 2.95. The van der Waals surface area contributed by atoms with Crippen LogP contribution in [0.25, 0.3) is 0 Å². The summed E-state index contributed by atoms with van der Waals surface area (Å²) in [6, 6.07) is 4.58. The van der Waals surface area contributed by atoms with Gasteiger partial charge in [0.05, 0.1) is 21.3 Å². The largest absolute Gasteiger partial charge is 0.443 e. The molecule has 0 saturated heterocycles. The lowest BCUT2D eigenvalue weighted by Crippen LogP contribution is -2.15. The Hall–Kier alpha value is -1.44. The van der Waals surface area contributed by atoms with E-state index in [1.807, 2.05) is 6.07 Å². The maximum Gasteiger partial charge on any atom is 0.339 e. The van der Waals surface area contributed by atoms with Crippen molar-refractivity contribution in [3.05, 3.63) is 27.7 Å². The third-order valence-electron chi connectivity index (χ3n) is 2.06. The summed E-state index contributed by atoms with van der Waals surface area (Å²) in [4.78, 5) is 11.7. The van der Waals surface area contributed by atoms with Gasteiger partial charge < -0.3 is 10.5 Å². The number of nitrogens with two attached hydrogens (primary N) is 1. The maximum absolute atomic E-state index is 11.7. The van der Waals surface area contributed by atoms with Gasteiger partial charge in [-0.25, -0.2) is 4.79 Å². The molecule has 1 unspecified atom stereocenters. The molecule has 0 bridgehead atoms. The number of esters is 1. The summed E-state index contributed by atoms with van der Waals surface area (Å²) in [5, 5.41) is 9.04. The Morgan fingerprint density at radius 3 is 2.71 bits per heavy atom. The van der Waals surface area contributed by atoms with Gasteiger partial charge in [0, 0.05) is 0 Å². The minimum absolute atomic E-state index is 0.170. The Labute approximate surface area is 109 Å². The Morgan fingerprint density at radius 1 is 1.59 bits per heavy atom. The van der Waals surface area contributed by atoms with Gasteiger partial charge in [-0.2, -0.15) is 5.26 Å². The lowest BCUT2D eigenvalue weighted by molar-refractivity contribution is 0.0401. The van der Waals surface area contributed by atoms with Gasteiger partial charge in [-0.3, -0.25) is 0 Å². The first-order chi connectivity index (χ1) is 7.99. The van der Waals surface area contributed by atoms with Crippen molar-refractivity contribution in [1.82, 2.24) is 0 Å². The van der Waals surface area contributed by atoms with Gasteiger partial charge in [0.1, 0.15) is 6.07 Å². The van der Waals surface area contributed by atoms with Gasteiger partial charge in [0.15, 0.2) is 6.10 Å². The van der Waals surface area contributed by atoms with Crippen molar-refractivity contribution in [1.29, 1.82) is 5.26 Å². The molecular formula is C11H10Cl2N2O2. The first kappa shape index (κ1) is 13.6. The Bertz CT molecular complexity index is 460. The van der Waals surface area contributed by atoms with Gasteiger partial charge in [-0.05, 0) is 18.6 Å². The number of ether oxygens (including phenoxy) is 1. The normalized spacial score (nSPS) is 11.6. The van der Waals surface area contributed by atoms with E-state index in [9.17, 15) is 4.79 Å². The summed E-state index contributed by atoms with van der Waals surface area (Å²) in [5.74, 6) is -0.649. The zero-order valence-corrected chi connectivity index (χ0v) is 10.5. The number of benzene rings is 1. The van der Waals surface area contributed by atoms with Gasteiger partial charge >= 0.3 is 5.97 Å². The molecule has 90 valence electrons. The fourth-order valence-corrected chi connectivity index (χ4v) is 1.46. The molecule has 0 fully saturated rings. The molecule has 0 heterocycles. The number of hydrogen-bond acceptors (Lipinski definition) is 4. The van der Waals surface area contributed by atoms with Crippen LogP contribution in [-0.2, 0) is 4.74 Å². The SMILES string of the molecule is CCC(C#N)OC(=O)c1cc(N)c(Cl)c(Cl)c1. The molecule has 6 heteroatoms. The first-order valence-corrected chi connectivity index (χ1v) is 5.60. The summed E-state index contributed by atoms with van der Waals surface area (Å²) in [6.07, 6.45) is -0.364. The van der Waals surface area contributed by atoms with E-state index in [0.29, 0.717) is 6.42 Å². The van der Waals surface area contributed by atoms with E-state index in [-0.39, 0.29) is 21.3 Å². The van der Waals surface area contributed by atoms with E-state index in [1.165, 1.54) is 12.1 Å². The molecule has 0 aliphatic carbocycles. The molecule has 17 heavy (non-hydrogen) atoms. The van der Waals surface area contributed by atoms with Crippen LogP contribution in [0, 0.1) is 11.3 Å². The van der Waals surface area contributed by atoms with Gasteiger partial charge in [-0.1, -0.05) is 30.1 Å². The number of nitrogen functional groups attached to an aromatic ring is 1. The molecular weight excluding hydrogens is 263 g/mol. The first-order valence-electron chi connectivity index (χ1n) is 4.84. The molecule has 0 radical (unpaired) electrons. The molecule has 1 aromatic rings. The van der Waals surface area contributed by atoms with Crippen molar-refractivity contribution < 1.29 is 9.53 Å². The standard InChI is InChI=1S/C11H10Cl2N2O2/c1-2-7(5-14)17-11(16)6-3-8(12)10(13)9(15)4-6/h3-4,7H,2,15H2,1H3. The predicted molar refractivity (Wildman–Crippen MR) is 66.0 cm³/mol. The topological polar surface area (TPSA) is 76.1 Å². The second-order valence-corrected chi connectivity index (χ2v) is 4.08. The molecule has 0 aromatic heterocycles. The third-order valence-corrected chi connectivity index (χ3v) is 2.87. The molecule has 2 N–H and O–H groups in total. The number of nitriles is 1. The van der Waals surface area contributed by atoms with Crippen LogP contribution >= 0.6 is 23.2 Å². The highest BCUT2D eigenvalue weighted by atomic mass is 35.5. The molecule has 1 rings (SSSR count). The van der Waals surface area contributed by atoms with Gasteiger partial charge in [0.2, 0.25) is 0 Å². The fraction of sp³-hybridized carbons (Fsp3) is 0.273. The number of carbonyl (C=O) groups excluding carboxylic acids is 1. The van der Waals surface area contributed by atoms with Crippen molar-refractivity contribution in [3.8, 4) is 6.07 Å². The summed E-state index contributed by atoms with van der Waals surface area (Å²) in [7, 11) is 0. The van der Waals surface area contributed by atoms with Crippen molar-refractivity contribution in [2.75, 3.05) is 5.73 Å². The van der Waals surface area contributed by atoms with Crippen molar-refractivity contribution in [2.24, 2.45) is 0 Å². The molecule has 1 atom stereocenters. The number of halogens is 2. The highest BCUT2D eigenvalue weighted by molar-refractivity contribution is 6.43. The van der Waals surface area contributed by atoms with E-state index in [1.54, 1.807) is 6.92 Å². The zero-order valence-electron chi connectivity index (χ0n) is 9.04. The average molecular weight is 273 g/mol. The minimum atomic E-state index is -0.779. The molecule has 0 aliphatic rings. The molecule has 0 spiro atoms. The van der Waals surface area contributed by atoms with Crippen LogP contribution < -0.4 is 5.73 Å². The Kier molecular flexibility index (Phi) is 4.62. The number of nitrogens with zero attached hydrogens (tertiary/aromatic N) is 1. The lowest BCUT2D eigenvalue weighted by atomic mass is 10.2. The van der Waals surface area contributed by atoms with Crippen molar-refractivity contribution in [2.45, 2.75) is 19.4 Å². The van der Waals surface area contributed by atoms with Crippen LogP contribution in [-0.4, -0.2) is 12.1 Å². The summed E-state index contributed by atoms with van der Waals surface area (Å²) >= 11 is 11.5. The van der Waals surface area contributed by atoms with E-state index in [4.69, 9.17) is 38.9 Å². The molecule has 0 saturated carbocycles. The van der Waals surface area contributed by atoms with Crippen molar-refractivity contribution in [3.63, 3.8) is 0 Å². The monoisotopic (exact) mass is 272 g/mol. The fourth-order valence-electron chi connectivity index (χ4n) is 1.13. The van der Waals surface area contributed by atoms with Crippen LogP contribution in [0.15, 0.2) is 12.1 Å². The van der Waals surface area contributed by atoms with Crippen LogP contribution in [0.5, 0.6) is 0 Å². The van der Waals surface area contributed by atoms with Gasteiger partial charge in [-0.15, -0.1) is 0 Å². The molecule has 0 amide bonds. The molecule has 4 nitrogen and oxygen atoms in total. The van der Waals surface area contributed by atoms with Crippen LogP contribution in [0.4, 0.5) is 5.69 Å². The highest BCUT2D eigenvalue weighted by Gasteiger charge is 2.16. The summed E-state index contributed by atoms with van der Waals surface area (Å²) < 4.78 is 4.93. The molecule has 1 aromatic carbocycles. The number of anilines is 1. The van der Waals surface area contributed by atoms with Crippen LogP contribution in [0.3, 0.4) is 0 Å². The average Bonchev–Trinajstić information content (AvgIpc) is 2.31. The van der Waals surface area contributed by atoms with Crippen LogP contribution in [0.2, 0.25) is 10.0 Å². The van der Waals surface area contributed by atoms with Crippen LogP contribution in [0.1, 0.15) is 23.7 Å². The van der Waals surface area contributed by atoms with E-state index in [2.05, 4.69) is 0 Å². The second kappa shape index (κ2) is 5.76. The third kappa shape index (κ3) is 3.26. The highest BCUT2D eigenvalue weighted by Crippen LogP contribution is 2.29. The quantitative estimate of drug-likeness (QED) is 0.678. The number of carbonyl (C=O) groups is 1. The van der Waals surface area contributed by atoms with E-state index in [0.717, 1.165) is 0 Å². The maximum atomic E-state index is 11.7. The number of rotatable bonds is 3. The summed E-state index contributed by atoms with van der Waals surface area (Å²) in [5.41, 5.74) is 5.93.